The number of pyridine rings is 1. The van der Waals surface area contributed by atoms with Crippen molar-refractivity contribution >= 4 is 11.6 Å². The van der Waals surface area contributed by atoms with Gasteiger partial charge in [-0.1, -0.05) is 30.3 Å². The maximum absolute atomic E-state index is 4.69. The number of hydrogen-bond acceptors (Lipinski definition) is 7. The van der Waals surface area contributed by atoms with E-state index in [0.717, 1.165) is 30.3 Å². The number of rotatable bonds is 6. The summed E-state index contributed by atoms with van der Waals surface area (Å²) in [5.74, 6) is 3.38. The Hall–Kier alpha value is -3.71. The Labute approximate surface area is 193 Å². The molecule has 1 aromatic carbocycles. The number of benzene rings is 1. The average molecular weight is 438 g/mol. The van der Waals surface area contributed by atoms with Gasteiger partial charge in [-0.3, -0.25) is 0 Å². The minimum absolute atomic E-state index is 0.576. The second-order valence-electron chi connectivity index (χ2n) is 8.36. The van der Waals surface area contributed by atoms with Crippen LogP contribution in [0.15, 0.2) is 67.0 Å². The van der Waals surface area contributed by atoms with Gasteiger partial charge in [0.15, 0.2) is 5.82 Å². The minimum atomic E-state index is 0.576. The summed E-state index contributed by atoms with van der Waals surface area (Å²) in [6.45, 7) is 4.17. The third kappa shape index (κ3) is 5.38. The third-order valence-corrected chi connectivity index (χ3v) is 5.89. The molecule has 5 rings (SSSR count). The van der Waals surface area contributed by atoms with Crippen molar-refractivity contribution in [3.05, 3.63) is 89.6 Å². The van der Waals surface area contributed by atoms with E-state index in [4.69, 9.17) is 0 Å². The van der Waals surface area contributed by atoms with Crippen LogP contribution in [0.4, 0.5) is 11.6 Å². The SMILES string of the molecule is Cc1cccc(-c2nccc(Nc3ccnc(Cc4ccc(C5CCNCC5)cc4)n3)n2)n1. The first-order valence-corrected chi connectivity index (χ1v) is 11.4. The predicted molar refractivity (Wildman–Crippen MR) is 129 cm³/mol. The monoisotopic (exact) mass is 437 g/mol. The standard InChI is InChI=1S/C26H27N7/c1-18-3-2-4-22(30-18)26-29-16-12-24(33-26)31-23-11-15-28-25(32-23)17-19-5-7-20(8-6-19)21-9-13-27-14-10-21/h2-8,11-12,15-16,21,27H,9-10,13-14,17H2,1H3,(H,28,29,31,32,33). The lowest BCUT2D eigenvalue weighted by atomic mass is 9.89. The minimum Gasteiger partial charge on any atom is -0.325 e. The van der Waals surface area contributed by atoms with Crippen LogP contribution in [0, 0.1) is 6.92 Å². The van der Waals surface area contributed by atoms with Gasteiger partial charge >= 0.3 is 0 Å². The third-order valence-electron chi connectivity index (χ3n) is 5.89. The second kappa shape index (κ2) is 9.83. The normalized spacial score (nSPS) is 14.2. The Morgan fingerprint density at radius 1 is 0.848 bits per heavy atom. The highest BCUT2D eigenvalue weighted by Gasteiger charge is 2.15. The summed E-state index contributed by atoms with van der Waals surface area (Å²) in [5, 5.41) is 6.70. The summed E-state index contributed by atoms with van der Waals surface area (Å²) in [6.07, 6.45) is 6.60. The van der Waals surface area contributed by atoms with Crippen molar-refractivity contribution in [3.63, 3.8) is 0 Å². The lowest BCUT2D eigenvalue weighted by Gasteiger charge is -2.23. The van der Waals surface area contributed by atoms with E-state index in [0.29, 0.717) is 29.8 Å². The van der Waals surface area contributed by atoms with Crippen molar-refractivity contribution < 1.29 is 0 Å². The molecule has 1 saturated heterocycles. The maximum atomic E-state index is 4.69. The van der Waals surface area contributed by atoms with Gasteiger partial charge in [-0.05, 0) is 74.2 Å². The molecule has 0 bridgehead atoms. The summed E-state index contributed by atoms with van der Waals surface area (Å²) in [6, 6.07) is 18.4. The fourth-order valence-electron chi connectivity index (χ4n) is 4.15. The topological polar surface area (TPSA) is 88.5 Å². The Morgan fingerprint density at radius 2 is 1.61 bits per heavy atom. The number of nitrogens with one attached hydrogen (secondary N) is 2. The first-order chi connectivity index (χ1) is 16.2. The number of hydrogen-bond donors (Lipinski definition) is 2. The zero-order valence-corrected chi connectivity index (χ0v) is 18.7. The van der Waals surface area contributed by atoms with Crippen LogP contribution < -0.4 is 10.6 Å². The molecule has 0 spiro atoms. The molecule has 33 heavy (non-hydrogen) atoms. The van der Waals surface area contributed by atoms with Crippen LogP contribution >= 0.6 is 0 Å². The highest BCUT2D eigenvalue weighted by atomic mass is 15.1. The Balaban J connectivity index is 1.27. The highest BCUT2D eigenvalue weighted by molar-refractivity contribution is 5.56. The Morgan fingerprint density at radius 3 is 2.39 bits per heavy atom. The van der Waals surface area contributed by atoms with Gasteiger partial charge in [0, 0.05) is 24.5 Å². The van der Waals surface area contributed by atoms with E-state index in [1.807, 2.05) is 37.3 Å². The number of nitrogens with zero attached hydrogens (tertiary/aromatic N) is 5. The maximum Gasteiger partial charge on any atom is 0.180 e. The van der Waals surface area contributed by atoms with Gasteiger partial charge in [-0.25, -0.2) is 24.9 Å². The molecular weight excluding hydrogens is 410 g/mol. The average Bonchev–Trinajstić information content (AvgIpc) is 2.85. The van der Waals surface area contributed by atoms with Crippen LogP contribution in [0.1, 0.15) is 41.4 Å². The van der Waals surface area contributed by atoms with E-state index in [1.54, 1.807) is 12.4 Å². The smallest absolute Gasteiger partial charge is 0.180 e. The molecule has 1 fully saturated rings. The van der Waals surface area contributed by atoms with E-state index in [9.17, 15) is 0 Å². The summed E-state index contributed by atoms with van der Waals surface area (Å²) in [5.41, 5.74) is 4.31. The predicted octanol–water partition coefficient (Wildman–Crippen LogP) is 4.44. The van der Waals surface area contributed by atoms with Crippen molar-refractivity contribution in [2.24, 2.45) is 0 Å². The molecule has 0 aliphatic carbocycles. The molecular formula is C26H27N7. The summed E-state index contributed by atoms with van der Waals surface area (Å²) >= 11 is 0. The van der Waals surface area contributed by atoms with E-state index >= 15 is 0 Å². The quantitative estimate of drug-likeness (QED) is 0.461. The second-order valence-corrected chi connectivity index (χ2v) is 8.36. The van der Waals surface area contributed by atoms with Crippen molar-refractivity contribution in [2.45, 2.75) is 32.1 Å². The molecule has 7 heteroatoms. The molecule has 0 amide bonds. The molecule has 3 aromatic heterocycles. The van der Waals surface area contributed by atoms with Crippen LogP contribution in [-0.2, 0) is 6.42 Å². The molecule has 166 valence electrons. The van der Waals surface area contributed by atoms with E-state index < -0.39 is 0 Å². The van der Waals surface area contributed by atoms with Gasteiger partial charge in [-0.15, -0.1) is 0 Å². The van der Waals surface area contributed by atoms with Crippen LogP contribution in [-0.4, -0.2) is 38.0 Å². The molecule has 2 N–H and O–H groups in total. The molecule has 0 saturated carbocycles. The molecule has 1 aliphatic rings. The summed E-state index contributed by atoms with van der Waals surface area (Å²) in [4.78, 5) is 22.6. The van der Waals surface area contributed by atoms with Crippen molar-refractivity contribution in [3.8, 4) is 11.5 Å². The summed E-state index contributed by atoms with van der Waals surface area (Å²) < 4.78 is 0. The van der Waals surface area contributed by atoms with E-state index in [-0.39, 0.29) is 0 Å². The molecule has 0 unspecified atom stereocenters. The largest absolute Gasteiger partial charge is 0.325 e. The lowest BCUT2D eigenvalue weighted by molar-refractivity contribution is 0.460. The van der Waals surface area contributed by atoms with Gasteiger partial charge < -0.3 is 10.6 Å². The zero-order valence-electron chi connectivity index (χ0n) is 18.7. The van der Waals surface area contributed by atoms with Gasteiger partial charge in [0.25, 0.3) is 0 Å². The Kier molecular flexibility index (Phi) is 6.30. The fourth-order valence-corrected chi connectivity index (χ4v) is 4.15. The van der Waals surface area contributed by atoms with Crippen molar-refractivity contribution in [1.82, 2.24) is 30.2 Å². The van der Waals surface area contributed by atoms with Crippen molar-refractivity contribution in [1.29, 1.82) is 0 Å². The first kappa shape index (κ1) is 21.2. The van der Waals surface area contributed by atoms with Crippen LogP contribution in [0.5, 0.6) is 0 Å². The number of piperidine rings is 1. The fraction of sp³-hybridized carbons (Fsp3) is 0.269. The van der Waals surface area contributed by atoms with Crippen LogP contribution in [0.3, 0.4) is 0 Å². The lowest BCUT2D eigenvalue weighted by Crippen LogP contribution is -2.26. The number of aryl methyl sites for hydroxylation is 1. The van der Waals surface area contributed by atoms with Crippen molar-refractivity contribution in [2.75, 3.05) is 18.4 Å². The van der Waals surface area contributed by atoms with Gasteiger partial charge in [0.2, 0.25) is 0 Å². The van der Waals surface area contributed by atoms with E-state index in [2.05, 4.69) is 59.8 Å². The molecule has 4 aromatic rings. The van der Waals surface area contributed by atoms with Crippen LogP contribution in [0.2, 0.25) is 0 Å². The van der Waals surface area contributed by atoms with E-state index in [1.165, 1.54) is 24.0 Å². The van der Waals surface area contributed by atoms with Crippen LogP contribution in [0.25, 0.3) is 11.5 Å². The first-order valence-electron chi connectivity index (χ1n) is 11.4. The van der Waals surface area contributed by atoms with Gasteiger partial charge in [-0.2, -0.15) is 0 Å². The molecule has 7 nitrogen and oxygen atoms in total. The molecule has 1 aliphatic heterocycles. The van der Waals surface area contributed by atoms with Gasteiger partial charge in [0.05, 0.1) is 0 Å². The highest BCUT2D eigenvalue weighted by Crippen LogP contribution is 2.25. The number of aromatic nitrogens is 5. The molecule has 4 heterocycles. The zero-order chi connectivity index (χ0) is 22.5. The summed E-state index contributed by atoms with van der Waals surface area (Å²) in [7, 11) is 0. The Bertz CT molecular complexity index is 1220. The van der Waals surface area contributed by atoms with Gasteiger partial charge in [0.1, 0.15) is 23.2 Å². The molecule has 0 radical (unpaired) electrons. The number of anilines is 2. The molecule has 0 atom stereocenters.